The van der Waals surface area contributed by atoms with Crippen LogP contribution in [0.1, 0.15) is 24.1 Å². The second-order valence-electron chi connectivity index (χ2n) is 8.81. The van der Waals surface area contributed by atoms with Gasteiger partial charge >= 0.3 is 6.18 Å². The number of alkyl halides is 3. The van der Waals surface area contributed by atoms with Gasteiger partial charge in [0.1, 0.15) is 23.1 Å². The van der Waals surface area contributed by atoms with Crippen molar-refractivity contribution in [1.82, 2.24) is 24.9 Å². The minimum Gasteiger partial charge on any atom is -0.354 e. The Labute approximate surface area is 204 Å². The molecule has 0 amide bonds. The minimum atomic E-state index is -4.63. The molecule has 2 aromatic heterocycles. The van der Waals surface area contributed by atoms with E-state index < -0.39 is 27.6 Å². The molecule has 1 saturated carbocycles. The number of nitrogens with zero attached hydrogens (tertiary/aromatic N) is 6. The molecule has 192 valence electrons. The third-order valence-corrected chi connectivity index (χ3v) is 7.93. The summed E-state index contributed by atoms with van der Waals surface area (Å²) in [6, 6.07) is 7.49. The van der Waals surface area contributed by atoms with E-state index in [-0.39, 0.29) is 10.9 Å². The summed E-state index contributed by atoms with van der Waals surface area (Å²) in [5.74, 6) is -0.0626. The first-order chi connectivity index (χ1) is 17.1. The number of nitrogens with one attached hydrogen (secondary N) is 1. The zero-order valence-corrected chi connectivity index (χ0v) is 19.8. The molecule has 0 unspecified atom stereocenters. The number of anilines is 2. The number of hydrogen-bond donors (Lipinski definition) is 1. The summed E-state index contributed by atoms with van der Waals surface area (Å²) in [6.45, 7) is 3.06. The van der Waals surface area contributed by atoms with Crippen LogP contribution in [0.5, 0.6) is 0 Å². The first-order valence-corrected chi connectivity index (χ1v) is 12.9. The van der Waals surface area contributed by atoms with Gasteiger partial charge in [0.2, 0.25) is 10.0 Å². The number of sulfonamides is 1. The van der Waals surface area contributed by atoms with E-state index in [1.54, 1.807) is 12.1 Å². The summed E-state index contributed by atoms with van der Waals surface area (Å²) in [4.78, 5) is 8.63. The molecule has 14 heteroatoms. The molecule has 1 aromatic carbocycles. The van der Waals surface area contributed by atoms with Gasteiger partial charge in [-0.1, -0.05) is 11.3 Å². The van der Waals surface area contributed by atoms with Crippen molar-refractivity contribution in [3.63, 3.8) is 0 Å². The molecule has 1 aliphatic heterocycles. The number of piperazine rings is 1. The van der Waals surface area contributed by atoms with Crippen molar-refractivity contribution in [3.05, 3.63) is 59.7 Å². The molecule has 1 N–H and O–H groups in total. The molecule has 2 fully saturated rings. The quantitative estimate of drug-likeness (QED) is 0.474. The summed E-state index contributed by atoms with van der Waals surface area (Å²) in [6.07, 6.45) is -1.79. The highest BCUT2D eigenvalue weighted by Gasteiger charge is 2.36. The van der Waals surface area contributed by atoms with E-state index in [2.05, 4.69) is 29.8 Å². The largest absolute Gasteiger partial charge is 0.416 e. The molecule has 0 bridgehead atoms. The van der Waals surface area contributed by atoms with Crippen LogP contribution in [0.2, 0.25) is 0 Å². The topological polar surface area (TPSA) is 96.2 Å². The summed E-state index contributed by atoms with van der Waals surface area (Å²) in [5, 5.41) is 7.56. The number of benzene rings is 1. The highest BCUT2D eigenvalue weighted by atomic mass is 32.2. The smallest absolute Gasteiger partial charge is 0.354 e. The molecule has 2 aliphatic rings. The zero-order chi connectivity index (χ0) is 25.5. The maximum Gasteiger partial charge on any atom is 0.416 e. The Kier molecular flexibility index (Phi) is 6.32. The SMILES string of the molecule is O=S(=O)(Nc1cccc(N2CCN(Cc3cn(-c4ccc(C(F)(F)F)cc4F)nn3)CC2)n1)C1CC1. The standard InChI is InChI=1S/C22H23F4N7O2S/c23-18-12-15(22(24,25)26)4-7-19(18)33-14-16(28-30-33)13-31-8-10-32(11-9-31)21-3-1-2-20(27-21)29-36(34,35)17-5-6-17/h1-4,7,12,14,17H,5-6,8-11,13H2,(H,27,29). The van der Waals surface area contributed by atoms with Gasteiger partial charge in [0.25, 0.3) is 0 Å². The van der Waals surface area contributed by atoms with Crippen molar-refractivity contribution in [2.24, 2.45) is 0 Å². The minimum absolute atomic E-state index is 0.116. The highest BCUT2D eigenvalue weighted by molar-refractivity contribution is 7.93. The van der Waals surface area contributed by atoms with E-state index in [4.69, 9.17) is 0 Å². The van der Waals surface area contributed by atoms with Crippen molar-refractivity contribution in [1.29, 1.82) is 0 Å². The highest BCUT2D eigenvalue weighted by Crippen LogP contribution is 2.31. The molecule has 1 aliphatic carbocycles. The molecule has 0 radical (unpaired) electrons. The zero-order valence-electron chi connectivity index (χ0n) is 19.0. The molecular formula is C22H23F4N7O2S. The number of rotatable bonds is 7. The Morgan fingerprint density at radius 2 is 1.81 bits per heavy atom. The molecule has 36 heavy (non-hydrogen) atoms. The summed E-state index contributed by atoms with van der Waals surface area (Å²) < 4.78 is 80.6. The molecule has 3 heterocycles. The lowest BCUT2D eigenvalue weighted by Crippen LogP contribution is -2.46. The fraction of sp³-hybridized carbons (Fsp3) is 0.409. The van der Waals surface area contributed by atoms with Crippen molar-refractivity contribution < 1.29 is 26.0 Å². The van der Waals surface area contributed by atoms with E-state index in [0.717, 1.165) is 16.8 Å². The van der Waals surface area contributed by atoms with Crippen molar-refractivity contribution in [2.45, 2.75) is 30.8 Å². The first kappa shape index (κ1) is 24.4. The Morgan fingerprint density at radius 3 is 2.47 bits per heavy atom. The average molecular weight is 526 g/mol. The number of halogens is 4. The van der Waals surface area contributed by atoms with Gasteiger partial charge in [-0.25, -0.2) is 22.5 Å². The van der Waals surface area contributed by atoms with Crippen molar-refractivity contribution in [2.75, 3.05) is 35.8 Å². The summed E-state index contributed by atoms with van der Waals surface area (Å²) in [5.41, 5.74) is -0.630. The first-order valence-electron chi connectivity index (χ1n) is 11.3. The third-order valence-electron chi connectivity index (χ3n) is 6.09. The maximum absolute atomic E-state index is 14.3. The van der Waals surface area contributed by atoms with Crippen LogP contribution in [0.3, 0.4) is 0 Å². The monoisotopic (exact) mass is 525 g/mol. The second kappa shape index (κ2) is 9.32. The fourth-order valence-corrected chi connectivity index (χ4v) is 5.31. The second-order valence-corrected chi connectivity index (χ2v) is 10.8. The Hall–Kier alpha value is -3.26. The Balaban J connectivity index is 1.18. The lowest BCUT2D eigenvalue weighted by Gasteiger charge is -2.35. The molecule has 0 atom stereocenters. The van der Waals surface area contributed by atoms with Crippen LogP contribution in [0.4, 0.5) is 29.2 Å². The molecule has 0 spiro atoms. The summed E-state index contributed by atoms with van der Waals surface area (Å²) in [7, 11) is -3.39. The lowest BCUT2D eigenvalue weighted by atomic mass is 10.2. The van der Waals surface area contributed by atoms with Gasteiger partial charge in [0, 0.05) is 32.7 Å². The van der Waals surface area contributed by atoms with Gasteiger partial charge in [-0.2, -0.15) is 13.2 Å². The number of hydrogen-bond acceptors (Lipinski definition) is 7. The molecule has 5 rings (SSSR count). The van der Waals surface area contributed by atoms with Gasteiger partial charge in [-0.15, -0.1) is 5.10 Å². The van der Waals surface area contributed by atoms with Crippen LogP contribution in [-0.2, 0) is 22.7 Å². The van der Waals surface area contributed by atoms with E-state index in [9.17, 15) is 26.0 Å². The van der Waals surface area contributed by atoms with Crippen LogP contribution in [0, 0.1) is 5.82 Å². The van der Waals surface area contributed by atoms with Crippen LogP contribution < -0.4 is 9.62 Å². The normalized spacial score (nSPS) is 17.4. The van der Waals surface area contributed by atoms with Crippen LogP contribution in [0.25, 0.3) is 5.69 Å². The van der Waals surface area contributed by atoms with Gasteiger partial charge in [0.05, 0.1) is 22.7 Å². The van der Waals surface area contributed by atoms with Crippen molar-refractivity contribution in [3.8, 4) is 5.69 Å². The van der Waals surface area contributed by atoms with E-state index >= 15 is 0 Å². The Bertz CT molecular complexity index is 1350. The lowest BCUT2D eigenvalue weighted by molar-refractivity contribution is -0.137. The van der Waals surface area contributed by atoms with Crippen molar-refractivity contribution >= 4 is 21.7 Å². The van der Waals surface area contributed by atoms with Gasteiger partial charge in [-0.05, 0) is 43.2 Å². The molecule has 3 aromatic rings. The van der Waals surface area contributed by atoms with Gasteiger partial charge in [0.15, 0.2) is 0 Å². The predicted molar refractivity (Wildman–Crippen MR) is 124 cm³/mol. The maximum atomic E-state index is 14.3. The third kappa shape index (κ3) is 5.43. The summed E-state index contributed by atoms with van der Waals surface area (Å²) >= 11 is 0. The average Bonchev–Trinajstić information content (AvgIpc) is 3.60. The van der Waals surface area contributed by atoms with Crippen LogP contribution >= 0.6 is 0 Å². The van der Waals surface area contributed by atoms with E-state index in [0.29, 0.717) is 69.0 Å². The molecule has 1 saturated heterocycles. The predicted octanol–water partition coefficient (Wildman–Crippen LogP) is 3.05. The Morgan fingerprint density at radius 1 is 1.06 bits per heavy atom. The number of aromatic nitrogens is 4. The van der Waals surface area contributed by atoms with Gasteiger partial charge < -0.3 is 4.90 Å². The van der Waals surface area contributed by atoms with E-state index in [1.165, 1.54) is 6.20 Å². The van der Waals surface area contributed by atoms with E-state index in [1.807, 2.05) is 6.07 Å². The molecular weight excluding hydrogens is 502 g/mol. The fourth-order valence-electron chi connectivity index (χ4n) is 3.99. The number of pyridine rings is 1. The van der Waals surface area contributed by atoms with Crippen LogP contribution in [-0.4, -0.2) is 64.7 Å². The molecule has 9 nitrogen and oxygen atoms in total. The van der Waals surface area contributed by atoms with Crippen LogP contribution in [0.15, 0.2) is 42.6 Å². The van der Waals surface area contributed by atoms with Gasteiger partial charge in [-0.3, -0.25) is 9.62 Å².